The quantitative estimate of drug-likeness (QED) is 0.831. The fourth-order valence-corrected chi connectivity index (χ4v) is 1.84. The number of nitrogens with one attached hydrogen (secondary N) is 1. The smallest absolute Gasteiger partial charge is 0.407 e. The first-order valence-electron chi connectivity index (χ1n) is 7.26. The standard InChI is InChI=1S/C18H17N3O2/c19-13-17-11-6-10-16(21-17)9-4-5-12-20-18(22)23-14-15-7-2-1-3-8-15/h1-4,6-11H,5,12,14H2,(H,20,22). The minimum atomic E-state index is -0.438. The van der Waals surface area contributed by atoms with Crippen molar-refractivity contribution in [2.75, 3.05) is 6.54 Å². The zero-order chi connectivity index (χ0) is 16.3. The van der Waals surface area contributed by atoms with Gasteiger partial charge in [0.05, 0.1) is 5.69 Å². The summed E-state index contributed by atoms with van der Waals surface area (Å²) in [6, 6.07) is 16.8. The van der Waals surface area contributed by atoms with E-state index in [-0.39, 0.29) is 6.61 Å². The molecule has 2 aromatic rings. The number of pyridine rings is 1. The van der Waals surface area contributed by atoms with Crippen molar-refractivity contribution in [1.82, 2.24) is 10.3 Å². The van der Waals surface area contributed by atoms with Crippen molar-refractivity contribution < 1.29 is 9.53 Å². The first-order chi connectivity index (χ1) is 11.3. The van der Waals surface area contributed by atoms with Gasteiger partial charge in [-0.3, -0.25) is 0 Å². The van der Waals surface area contributed by atoms with Crippen molar-refractivity contribution in [1.29, 1.82) is 5.26 Å². The third-order valence-corrected chi connectivity index (χ3v) is 2.97. The van der Waals surface area contributed by atoms with Crippen LogP contribution in [0.15, 0.2) is 54.6 Å². The Labute approximate surface area is 135 Å². The number of carbonyl (C=O) groups is 1. The molecule has 0 radical (unpaired) electrons. The summed E-state index contributed by atoms with van der Waals surface area (Å²) in [5, 5.41) is 11.4. The zero-order valence-corrected chi connectivity index (χ0v) is 12.6. The van der Waals surface area contributed by atoms with Crippen molar-refractivity contribution in [3.63, 3.8) is 0 Å². The SMILES string of the molecule is N#Cc1cccc(C=CCCNC(=O)OCc2ccccc2)n1. The van der Waals surface area contributed by atoms with Crippen LogP contribution in [0.25, 0.3) is 6.08 Å². The van der Waals surface area contributed by atoms with Crippen LogP contribution in [0.5, 0.6) is 0 Å². The molecule has 0 spiro atoms. The van der Waals surface area contributed by atoms with Gasteiger partial charge in [-0.1, -0.05) is 42.5 Å². The summed E-state index contributed by atoms with van der Waals surface area (Å²) in [4.78, 5) is 15.7. The molecule has 1 N–H and O–H groups in total. The van der Waals surface area contributed by atoms with Crippen LogP contribution in [0.3, 0.4) is 0 Å². The number of aromatic nitrogens is 1. The Kier molecular flexibility index (Phi) is 6.36. The number of ether oxygens (including phenoxy) is 1. The van der Waals surface area contributed by atoms with Gasteiger partial charge in [0, 0.05) is 6.54 Å². The van der Waals surface area contributed by atoms with Gasteiger partial charge in [0.1, 0.15) is 18.4 Å². The average Bonchev–Trinajstić information content (AvgIpc) is 2.61. The molecule has 0 saturated heterocycles. The van der Waals surface area contributed by atoms with Crippen LogP contribution >= 0.6 is 0 Å². The van der Waals surface area contributed by atoms with E-state index in [4.69, 9.17) is 10.00 Å². The molecule has 1 amide bonds. The number of hydrogen-bond acceptors (Lipinski definition) is 4. The van der Waals surface area contributed by atoms with Crippen molar-refractivity contribution >= 4 is 12.2 Å². The highest BCUT2D eigenvalue weighted by atomic mass is 16.5. The lowest BCUT2D eigenvalue weighted by molar-refractivity contribution is 0.140. The van der Waals surface area contributed by atoms with E-state index in [2.05, 4.69) is 10.3 Å². The second-order valence-corrected chi connectivity index (χ2v) is 4.74. The molecule has 0 saturated carbocycles. The predicted molar refractivity (Wildman–Crippen MR) is 87.2 cm³/mol. The predicted octanol–water partition coefficient (Wildman–Crippen LogP) is 3.28. The molecule has 5 heteroatoms. The highest BCUT2D eigenvalue weighted by Crippen LogP contribution is 2.02. The normalized spacial score (nSPS) is 10.2. The Hall–Kier alpha value is -3.13. The van der Waals surface area contributed by atoms with E-state index >= 15 is 0 Å². The molecule has 0 aliphatic rings. The first kappa shape index (κ1) is 16.2. The van der Waals surface area contributed by atoms with Crippen LogP contribution in [-0.2, 0) is 11.3 Å². The second kappa shape index (κ2) is 9.00. The molecule has 0 bridgehead atoms. The molecular weight excluding hydrogens is 290 g/mol. The van der Waals surface area contributed by atoms with E-state index in [1.807, 2.05) is 54.6 Å². The molecule has 0 aliphatic carbocycles. The van der Waals surface area contributed by atoms with Gasteiger partial charge >= 0.3 is 6.09 Å². The topological polar surface area (TPSA) is 75.0 Å². The third kappa shape index (κ3) is 6.02. The van der Waals surface area contributed by atoms with Crippen LogP contribution in [0.1, 0.15) is 23.4 Å². The summed E-state index contributed by atoms with van der Waals surface area (Å²) in [7, 11) is 0. The van der Waals surface area contributed by atoms with E-state index in [0.29, 0.717) is 18.7 Å². The van der Waals surface area contributed by atoms with Crippen LogP contribution in [0.2, 0.25) is 0 Å². The molecule has 1 aromatic carbocycles. The summed E-state index contributed by atoms with van der Waals surface area (Å²) in [5.74, 6) is 0. The summed E-state index contributed by atoms with van der Waals surface area (Å²) in [5.41, 5.74) is 2.05. The Morgan fingerprint density at radius 1 is 1.22 bits per heavy atom. The van der Waals surface area contributed by atoms with Gasteiger partial charge < -0.3 is 10.1 Å². The average molecular weight is 307 g/mol. The number of alkyl carbamates (subject to hydrolysis) is 1. The maximum Gasteiger partial charge on any atom is 0.407 e. The van der Waals surface area contributed by atoms with Crippen LogP contribution in [0, 0.1) is 11.3 Å². The van der Waals surface area contributed by atoms with Gasteiger partial charge in [-0.2, -0.15) is 5.26 Å². The summed E-state index contributed by atoms with van der Waals surface area (Å²) < 4.78 is 5.10. The van der Waals surface area contributed by atoms with Crippen molar-refractivity contribution in [2.45, 2.75) is 13.0 Å². The molecule has 116 valence electrons. The Balaban J connectivity index is 1.65. The Morgan fingerprint density at radius 2 is 2.04 bits per heavy atom. The van der Waals surface area contributed by atoms with Gasteiger partial charge in [-0.15, -0.1) is 0 Å². The molecule has 0 unspecified atom stereocenters. The maximum absolute atomic E-state index is 11.5. The second-order valence-electron chi connectivity index (χ2n) is 4.74. The molecule has 0 atom stereocenters. The molecule has 1 heterocycles. The van der Waals surface area contributed by atoms with Crippen LogP contribution in [-0.4, -0.2) is 17.6 Å². The molecule has 23 heavy (non-hydrogen) atoms. The highest BCUT2D eigenvalue weighted by Gasteiger charge is 2.00. The molecule has 5 nitrogen and oxygen atoms in total. The molecule has 2 rings (SSSR count). The molecule has 0 aliphatic heterocycles. The highest BCUT2D eigenvalue weighted by molar-refractivity contribution is 5.67. The van der Waals surface area contributed by atoms with Crippen LogP contribution in [0.4, 0.5) is 4.79 Å². The number of carbonyl (C=O) groups excluding carboxylic acids is 1. The van der Waals surface area contributed by atoms with Crippen molar-refractivity contribution in [2.24, 2.45) is 0 Å². The number of rotatable bonds is 6. The number of nitrogens with zero attached hydrogens (tertiary/aromatic N) is 2. The molecule has 0 fully saturated rings. The Bertz CT molecular complexity index is 706. The van der Waals surface area contributed by atoms with Gasteiger partial charge in [-0.25, -0.2) is 9.78 Å². The summed E-state index contributed by atoms with van der Waals surface area (Å²) in [6.07, 6.45) is 3.92. The molecule has 1 aromatic heterocycles. The lowest BCUT2D eigenvalue weighted by Gasteiger charge is -2.05. The lowest BCUT2D eigenvalue weighted by atomic mass is 10.2. The van der Waals surface area contributed by atoms with Crippen molar-refractivity contribution in [3.8, 4) is 6.07 Å². The summed E-state index contributed by atoms with van der Waals surface area (Å²) in [6.45, 7) is 0.732. The van der Waals surface area contributed by atoms with E-state index in [0.717, 1.165) is 11.3 Å². The van der Waals surface area contributed by atoms with Crippen LogP contribution < -0.4 is 5.32 Å². The monoisotopic (exact) mass is 307 g/mol. The van der Waals surface area contributed by atoms with E-state index in [1.165, 1.54) is 0 Å². The number of hydrogen-bond donors (Lipinski definition) is 1. The number of benzene rings is 1. The van der Waals surface area contributed by atoms with Crippen molar-refractivity contribution in [3.05, 3.63) is 71.6 Å². The van der Waals surface area contributed by atoms with Gasteiger partial charge in [0.2, 0.25) is 0 Å². The fraction of sp³-hybridized carbons (Fsp3) is 0.167. The largest absolute Gasteiger partial charge is 0.445 e. The molecular formula is C18H17N3O2. The number of nitriles is 1. The van der Waals surface area contributed by atoms with Gasteiger partial charge in [0.25, 0.3) is 0 Å². The van der Waals surface area contributed by atoms with E-state index in [9.17, 15) is 4.79 Å². The minimum absolute atomic E-state index is 0.257. The van der Waals surface area contributed by atoms with E-state index < -0.39 is 6.09 Å². The number of amides is 1. The fourth-order valence-electron chi connectivity index (χ4n) is 1.84. The maximum atomic E-state index is 11.5. The zero-order valence-electron chi connectivity index (χ0n) is 12.6. The van der Waals surface area contributed by atoms with Gasteiger partial charge in [0.15, 0.2) is 0 Å². The third-order valence-electron chi connectivity index (χ3n) is 2.97. The lowest BCUT2D eigenvalue weighted by Crippen LogP contribution is -2.24. The minimum Gasteiger partial charge on any atom is -0.445 e. The Morgan fingerprint density at radius 3 is 2.83 bits per heavy atom. The summed E-state index contributed by atoms with van der Waals surface area (Å²) >= 11 is 0. The first-order valence-corrected chi connectivity index (χ1v) is 7.26. The van der Waals surface area contributed by atoms with E-state index in [1.54, 1.807) is 12.1 Å². The van der Waals surface area contributed by atoms with Gasteiger partial charge in [-0.05, 0) is 30.2 Å².